The molecule has 0 aliphatic carbocycles. The van der Waals surface area contributed by atoms with Gasteiger partial charge in [-0.3, -0.25) is 9.69 Å². The first-order chi connectivity index (χ1) is 11.7. The van der Waals surface area contributed by atoms with Crippen LogP contribution in [0.5, 0.6) is 0 Å². The van der Waals surface area contributed by atoms with Gasteiger partial charge in [-0.1, -0.05) is 48.0 Å². The molecule has 1 aromatic carbocycles. The Morgan fingerprint density at radius 1 is 1.32 bits per heavy atom. The van der Waals surface area contributed by atoms with E-state index in [2.05, 4.69) is 29.8 Å². The fourth-order valence-electron chi connectivity index (χ4n) is 3.16. The van der Waals surface area contributed by atoms with Crippen molar-refractivity contribution in [3.8, 4) is 0 Å². The van der Waals surface area contributed by atoms with Gasteiger partial charge in [0.2, 0.25) is 5.91 Å². The zero-order chi connectivity index (χ0) is 18.6. The molecule has 1 atom stereocenters. The van der Waals surface area contributed by atoms with Crippen molar-refractivity contribution < 1.29 is 13.2 Å². The summed E-state index contributed by atoms with van der Waals surface area (Å²) in [6, 6.07) is 7.77. The normalized spacial score (nSPS) is 19.5. The summed E-state index contributed by atoms with van der Waals surface area (Å²) in [5.74, 6) is 0.595. The molecule has 0 radical (unpaired) electrons. The van der Waals surface area contributed by atoms with Crippen molar-refractivity contribution in [3.05, 3.63) is 34.3 Å². The van der Waals surface area contributed by atoms with Gasteiger partial charge in [0.15, 0.2) is 9.84 Å². The van der Waals surface area contributed by atoms with Gasteiger partial charge in [0.1, 0.15) is 0 Å². The van der Waals surface area contributed by atoms with E-state index in [9.17, 15) is 13.2 Å². The zero-order valence-corrected chi connectivity index (χ0v) is 17.5. The molecular weight excluding hydrogens is 404 g/mol. The number of benzene rings is 1. The number of likely N-dealkylation sites (N-methyl/N-ethyl adjacent to an activating group) is 1. The number of hydrogen-bond donors (Lipinski definition) is 0. The average molecular weight is 431 g/mol. The molecule has 1 aromatic rings. The van der Waals surface area contributed by atoms with Gasteiger partial charge < -0.3 is 4.90 Å². The smallest absolute Gasteiger partial charge is 0.237 e. The number of amides is 1. The highest BCUT2D eigenvalue weighted by Gasteiger charge is 2.35. The summed E-state index contributed by atoms with van der Waals surface area (Å²) in [6.45, 7) is 5.64. The minimum absolute atomic E-state index is 0.00496. The van der Waals surface area contributed by atoms with E-state index in [1.165, 1.54) is 0 Å². The molecular formula is C18H27BrN2O3S. The highest BCUT2D eigenvalue weighted by atomic mass is 79.9. The fourth-order valence-corrected chi connectivity index (χ4v) is 5.31. The summed E-state index contributed by atoms with van der Waals surface area (Å²) in [7, 11) is -1.09. The third-order valence-electron chi connectivity index (χ3n) is 4.33. The van der Waals surface area contributed by atoms with Crippen LogP contribution in [0.2, 0.25) is 0 Å². The van der Waals surface area contributed by atoms with Crippen molar-refractivity contribution in [3.63, 3.8) is 0 Å². The Morgan fingerprint density at radius 2 is 2.00 bits per heavy atom. The van der Waals surface area contributed by atoms with Crippen LogP contribution < -0.4 is 0 Å². The van der Waals surface area contributed by atoms with E-state index in [0.717, 1.165) is 10.0 Å². The van der Waals surface area contributed by atoms with E-state index in [-0.39, 0.29) is 30.0 Å². The predicted octanol–water partition coefficient (Wildman–Crippen LogP) is 2.55. The number of rotatable bonds is 7. The van der Waals surface area contributed by atoms with Gasteiger partial charge in [0, 0.05) is 23.6 Å². The summed E-state index contributed by atoms with van der Waals surface area (Å²) < 4.78 is 24.6. The number of sulfone groups is 1. The molecule has 0 aromatic heterocycles. The van der Waals surface area contributed by atoms with Gasteiger partial charge in [-0.2, -0.15) is 0 Å². The first-order valence-electron chi connectivity index (χ1n) is 8.60. The highest BCUT2D eigenvalue weighted by molar-refractivity contribution is 9.10. The molecule has 5 nitrogen and oxygen atoms in total. The van der Waals surface area contributed by atoms with Crippen LogP contribution in [0.1, 0.15) is 25.8 Å². The molecule has 1 unspecified atom stereocenters. The van der Waals surface area contributed by atoms with E-state index < -0.39 is 9.84 Å². The zero-order valence-electron chi connectivity index (χ0n) is 15.1. The Labute approximate surface area is 159 Å². The molecule has 1 amide bonds. The van der Waals surface area contributed by atoms with Crippen LogP contribution in [0.15, 0.2) is 28.7 Å². The number of carbonyl (C=O) groups is 1. The quantitative estimate of drug-likeness (QED) is 0.666. The molecule has 0 N–H and O–H groups in total. The van der Waals surface area contributed by atoms with E-state index in [1.807, 2.05) is 36.2 Å². The molecule has 140 valence electrons. The maximum Gasteiger partial charge on any atom is 0.237 e. The minimum atomic E-state index is -3.01. The first-order valence-corrected chi connectivity index (χ1v) is 11.2. The molecule has 0 saturated carbocycles. The molecule has 0 bridgehead atoms. The van der Waals surface area contributed by atoms with Crippen molar-refractivity contribution in [2.24, 2.45) is 5.92 Å². The monoisotopic (exact) mass is 430 g/mol. The molecule has 1 heterocycles. The second-order valence-electron chi connectivity index (χ2n) is 7.26. The van der Waals surface area contributed by atoms with Gasteiger partial charge in [-0.15, -0.1) is 0 Å². The molecule has 0 spiro atoms. The number of carbonyl (C=O) groups excluding carboxylic acids is 1. The van der Waals surface area contributed by atoms with E-state index in [4.69, 9.17) is 0 Å². The van der Waals surface area contributed by atoms with Crippen LogP contribution in [-0.2, 0) is 21.2 Å². The molecule has 1 aliphatic rings. The van der Waals surface area contributed by atoms with Crippen molar-refractivity contribution in [2.45, 2.75) is 32.9 Å². The van der Waals surface area contributed by atoms with Crippen molar-refractivity contribution in [2.75, 3.05) is 31.6 Å². The molecule has 1 fully saturated rings. The Hall–Kier alpha value is -0.920. The molecule has 25 heavy (non-hydrogen) atoms. The van der Waals surface area contributed by atoms with Gasteiger partial charge in [-0.05, 0) is 31.0 Å². The Morgan fingerprint density at radius 3 is 2.56 bits per heavy atom. The fraction of sp³-hybridized carbons (Fsp3) is 0.611. The van der Waals surface area contributed by atoms with E-state index >= 15 is 0 Å². The maximum atomic E-state index is 12.8. The average Bonchev–Trinajstić information content (AvgIpc) is 2.86. The van der Waals surface area contributed by atoms with E-state index in [0.29, 0.717) is 25.4 Å². The van der Waals surface area contributed by atoms with Gasteiger partial charge in [-0.25, -0.2) is 8.42 Å². The lowest BCUT2D eigenvalue weighted by atomic mass is 10.1. The minimum Gasteiger partial charge on any atom is -0.337 e. The lowest BCUT2D eigenvalue weighted by molar-refractivity contribution is -0.134. The second-order valence-corrected chi connectivity index (χ2v) is 10.3. The lowest BCUT2D eigenvalue weighted by Crippen LogP contribution is -2.47. The SMILES string of the molecule is CC(C)CN(C(=O)CN(C)Cc1ccccc1Br)C1CCS(=O)(=O)C1. The number of halogens is 1. The van der Waals surface area contributed by atoms with Gasteiger partial charge in [0.25, 0.3) is 0 Å². The van der Waals surface area contributed by atoms with Crippen LogP contribution in [0.4, 0.5) is 0 Å². The summed E-state index contributed by atoms with van der Waals surface area (Å²) >= 11 is 3.53. The van der Waals surface area contributed by atoms with Crippen LogP contribution in [0.3, 0.4) is 0 Å². The third kappa shape index (κ3) is 6.08. The van der Waals surface area contributed by atoms with Crippen LogP contribution in [0.25, 0.3) is 0 Å². The summed E-state index contributed by atoms with van der Waals surface area (Å²) in [4.78, 5) is 16.6. The largest absolute Gasteiger partial charge is 0.337 e. The molecule has 2 rings (SSSR count). The molecule has 1 aliphatic heterocycles. The Balaban J connectivity index is 2.02. The van der Waals surface area contributed by atoms with Crippen LogP contribution in [0, 0.1) is 5.92 Å². The van der Waals surface area contributed by atoms with E-state index in [1.54, 1.807) is 4.90 Å². The molecule has 7 heteroatoms. The van der Waals surface area contributed by atoms with Crippen LogP contribution in [-0.4, -0.2) is 61.8 Å². The van der Waals surface area contributed by atoms with Crippen LogP contribution >= 0.6 is 15.9 Å². The van der Waals surface area contributed by atoms with Gasteiger partial charge in [0.05, 0.1) is 18.1 Å². The topological polar surface area (TPSA) is 57.7 Å². The van der Waals surface area contributed by atoms with Crippen molar-refractivity contribution in [1.82, 2.24) is 9.80 Å². The van der Waals surface area contributed by atoms with Crippen molar-refractivity contribution in [1.29, 1.82) is 0 Å². The number of nitrogens with zero attached hydrogens (tertiary/aromatic N) is 2. The van der Waals surface area contributed by atoms with Gasteiger partial charge >= 0.3 is 0 Å². The predicted molar refractivity (Wildman–Crippen MR) is 104 cm³/mol. The summed E-state index contributed by atoms with van der Waals surface area (Å²) in [6.07, 6.45) is 0.550. The molecule has 1 saturated heterocycles. The summed E-state index contributed by atoms with van der Waals surface area (Å²) in [5, 5.41) is 0. The standard InChI is InChI=1S/C18H27BrN2O3S/c1-14(2)10-21(16-8-9-25(23,24)13-16)18(22)12-20(3)11-15-6-4-5-7-17(15)19/h4-7,14,16H,8-13H2,1-3H3. The second kappa shape index (κ2) is 8.64. The Kier molecular flexibility index (Phi) is 7.05. The highest BCUT2D eigenvalue weighted by Crippen LogP contribution is 2.20. The Bertz CT molecular complexity index is 706. The third-order valence-corrected chi connectivity index (χ3v) is 6.86. The summed E-state index contributed by atoms with van der Waals surface area (Å²) in [5.41, 5.74) is 1.12. The maximum absolute atomic E-state index is 12.8. The first kappa shape index (κ1) is 20.4. The lowest BCUT2D eigenvalue weighted by Gasteiger charge is -2.31. The number of hydrogen-bond acceptors (Lipinski definition) is 4. The van der Waals surface area contributed by atoms with Crippen molar-refractivity contribution >= 4 is 31.7 Å².